The topological polar surface area (TPSA) is 54.9 Å². The van der Waals surface area contributed by atoms with Crippen molar-refractivity contribution in [3.8, 4) is 0 Å². The Balaban J connectivity index is 2.15. The van der Waals surface area contributed by atoms with Crippen molar-refractivity contribution in [3.63, 3.8) is 0 Å². The van der Waals surface area contributed by atoms with Crippen molar-refractivity contribution < 1.29 is 4.79 Å². The second-order valence-corrected chi connectivity index (χ2v) is 3.97. The van der Waals surface area contributed by atoms with Crippen LogP contribution in [-0.4, -0.2) is 15.9 Å². The number of carbonyl (C=O) groups excluding carboxylic acids is 1. The second-order valence-electron chi connectivity index (χ2n) is 3.06. The van der Waals surface area contributed by atoms with Gasteiger partial charge in [0.25, 0.3) is 5.91 Å². The molecule has 0 fully saturated rings. The molecule has 80 valence electrons. The van der Waals surface area contributed by atoms with E-state index in [1.54, 1.807) is 30.5 Å². The van der Waals surface area contributed by atoms with Gasteiger partial charge in [-0.3, -0.25) is 4.79 Å². The van der Waals surface area contributed by atoms with Crippen LogP contribution in [0.4, 0.5) is 5.82 Å². The lowest BCUT2D eigenvalue weighted by Crippen LogP contribution is -2.12. The summed E-state index contributed by atoms with van der Waals surface area (Å²) in [4.78, 5) is 19.5. The molecule has 0 spiro atoms. The molecule has 0 atom stereocenters. The number of benzene rings is 1. The summed E-state index contributed by atoms with van der Waals surface area (Å²) in [6.07, 6.45) is 2.96. The Morgan fingerprint density at radius 2 is 2.19 bits per heavy atom. The van der Waals surface area contributed by atoms with E-state index in [0.29, 0.717) is 11.4 Å². The zero-order valence-electron chi connectivity index (χ0n) is 8.22. The Morgan fingerprint density at radius 3 is 2.88 bits per heavy atom. The Morgan fingerprint density at radius 1 is 1.31 bits per heavy atom. The Labute approximate surface area is 101 Å². The molecule has 2 rings (SSSR count). The first kappa shape index (κ1) is 10.8. The highest BCUT2D eigenvalue weighted by molar-refractivity contribution is 9.10. The number of carbonyl (C=O) groups is 1. The molecule has 0 unspecified atom stereocenters. The van der Waals surface area contributed by atoms with Gasteiger partial charge in [0.05, 0.1) is 0 Å². The van der Waals surface area contributed by atoms with Crippen LogP contribution in [-0.2, 0) is 0 Å². The highest BCUT2D eigenvalue weighted by Crippen LogP contribution is 2.12. The number of amides is 1. The molecule has 1 aromatic carbocycles. The molecule has 5 heteroatoms. The molecule has 1 amide bonds. The molecule has 16 heavy (non-hydrogen) atoms. The van der Waals surface area contributed by atoms with Crippen LogP contribution in [0.15, 0.2) is 47.3 Å². The van der Waals surface area contributed by atoms with Gasteiger partial charge in [-0.2, -0.15) is 0 Å². The molecule has 0 aliphatic carbocycles. The minimum Gasteiger partial charge on any atom is -0.306 e. The van der Waals surface area contributed by atoms with Crippen LogP contribution in [0.1, 0.15) is 10.4 Å². The van der Waals surface area contributed by atoms with E-state index in [1.807, 2.05) is 6.07 Å². The molecule has 0 bridgehead atoms. The van der Waals surface area contributed by atoms with Crippen LogP contribution in [0.5, 0.6) is 0 Å². The summed E-state index contributed by atoms with van der Waals surface area (Å²) in [6.45, 7) is 0. The van der Waals surface area contributed by atoms with Crippen molar-refractivity contribution >= 4 is 27.7 Å². The lowest BCUT2D eigenvalue weighted by Gasteiger charge is -2.03. The first-order valence-electron chi connectivity index (χ1n) is 4.58. The van der Waals surface area contributed by atoms with Crippen molar-refractivity contribution in [1.29, 1.82) is 0 Å². The zero-order chi connectivity index (χ0) is 11.4. The van der Waals surface area contributed by atoms with E-state index >= 15 is 0 Å². The van der Waals surface area contributed by atoms with E-state index in [9.17, 15) is 4.79 Å². The van der Waals surface area contributed by atoms with Gasteiger partial charge in [0.1, 0.15) is 12.1 Å². The summed E-state index contributed by atoms with van der Waals surface area (Å²) >= 11 is 3.31. The summed E-state index contributed by atoms with van der Waals surface area (Å²) in [5, 5.41) is 2.67. The van der Waals surface area contributed by atoms with Crippen LogP contribution in [0.25, 0.3) is 0 Å². The molecule has 4 nitrogen and oxygen atoms in total. The van der Waals surface area contributed by atoms with Crippen molar-refractivity contribution in [1.82, 2.24) is 9.97 Å². The van der Waals surface area contributed by atoms with E-state index in [0.717, 1.165) is 4.47 Å². The van der Waals surface area contributed by atoms with E-state index < -0.39 is 0 Å². The summed E-state index contributed by atoms with van der Waals surface area (Å²) < 4.78 is 0.864. The molecule has 2 aromatic rings. The Hall–Kier alpha value is -1.75. The maximum Gasteiger partial charge on any atom is 0.256 e. The Bertz CT molecular complexity index is 502. The maximum atomic E-state index is 11.8. The maximum absolute atomic E-state index is 11.8. The smallest absolute Gasteiger partial charge is 0.256 e. The average Bonchev–Trinajstić information content (AvgIpc) is 2.30. The van der Waals surface area contributed by atoms with Gasteiger partial charge in [0, 0.05) is 16.2 Å². The standard InChI is InChI=1S/C11H8BrN3O/c12-9-3-1-2-8(6-9)11(16)15-10-4-5-13-7-14-10/h1-7H,(H,13,14,15,16). The first-order valence-corrected chi connectivity index (χ1v) is 5.38. The molecule has 0 saturated carbocycles. The lowest BCUT2D eigenvalue weighted by molar-refractivity contribution is 0.102. The van der Waals surface area contributed by atoms with Crippen LogP contribution in [0.2, 0.25) is 0 Å². The predicted octanol–water partition coefficient (Wildman–Crippen LogP) is 2.49. The van der Waals surface area contributed by atoms with Crippen molar-refractivity contribution in [2.24, 2.45) is 0 Å². The van der Waals surface area contributed by atoms with Crippen LogP contribution < -0.4 is 5.32 Å². The third-order valence-corrected chi connectivity index (χ3v) is 2.40. The van der Waals surface area contributed by atoms with E-state index in [1.165, 1.54) is 6.33 Å². The second kappa shape index (κ2) is 4.85. The molecule has 1 N–H and O–H groups in total. The van der Waals surface area contributed by atoms with Gasteiger partial charge < -0.3 is 5.32 Å². The fourth-order valence-corrected chi connectivity index (χ4v) is 1.58. The molecule has 0 aliphatic heterocycles. The highest BCUT2D eigenvalue weighted by Gasteiger charge is 2.06. The van der Waals surface area contributed by atoms with E-state index in [2.05, 4.69) is 31.2 Å². The van der Waals surface area contributed by atoms with Crippen LogP contribution in [0.3, 0.4) is 0 Å². The van der Waals surface area contributed by atoms with Gasteiger partial charge in [0.2, 0.25) is 0 Å². The summed E-state index contributed by atoms with van der Waals surface area (Å²) in [7, 11) is 0. The lowest BCUT2D eigenvalue weighted by atomic mass is 10.2. The number of anilines is 1. The number of aromatic nitrogens is 2. The number of halogens is 1. The highest BCUT2D eigenvalue weighted by atomic mass is 79.9. The average molecular weight is 278 g/mol. The quantitative estimate of drug-likeness (QED) is 0.918. The molecule has 0 radical (unpaired) electrons. The van der Waals surface area contributed by atoms with Gasteiger partial charge in [-0.1, -0.05) is 22.0 Å². The van der Waals surface area contributed by atoms with Crippen LogP contribution in [0, 0.1) is 0 Å². The van der Waals surface area contributed by atoms with Gasteiger partial charge in [-0.15, -0.1) is 0 Å². The number of nitrogens with one attached hydrogen (secondary N) is 1. The minimum atomic E-state index is -0.194. The van der Waals surface area contributed by atoms with Gasteiger partial charge in [-0.05, 0) is 24.3 Å². The number of hydrogen-bond donors (Lipinski definition) is 1. The number of hydrogen-bond acceptors (Lipinski definition) is 3. The normalized spacial score (nSPS) is 9.81. The molecular formula is C11H8BrN3O. The molecule has 0 aliphatic rings. The number of nitrogens with zero attached hydrogens (tertiary/aromatic N) is 2. The largest absolute Gasteiger partial charge is 0.306 e. The molecule has 1 aromatic heterocycles. The summed E-state index contributed by atoms with van der Waals surface area (Å²) in [6, 6.07) is 8.79. The SMILES string of the molecule is O=C(Nc1ccncn1)c1cccc(Br)c1. The fourth-order valence-electron chi connectivity index (χ4n) is 1.18. The predicted molar refractivity (Wildman–Crippen MR) is 64.1 cm³/mol. The summed E-state index contributed by atoms with van der Waals surface area (Å²) in [5.41, 5.74) is 0.577. The first-order chi connectivity index (χ1) is 7.75. The van der Waals surface area contributed by atoms with Gasteiger partial charge in [-0.25, -0.2) is 9.97 Å². The van der Waals surface area contributed by atoms with E-state index in [-0.39, 0.29) is 5.91 Å². The van der Waals surface area contributed by atoms with Crippen molar-refractivity contribution in [3.05, 3.63) is 52.9 Å². The van der Waals surface area contributed by atoms with Crippen molar-refractivity contribution in [2.45, 2.75) is 0 Å². The minimum absolute atomic E-state index is 0.194. The van der Waals surface area contributed by atoms with Crippen LogP contribution >= 0.6 is 15.9 Å². The number of rotatable bonds is 2. The zero-order valence-corrected chi connectivity index (χ0v) is 9.81. The van der Waals surface area contributed by atoms with Crippen molar-refractivity contribution in [2.75, 3.05) is 5.32 Å². The van der Waals surface area contributed by atoms with Gasteiger partial charge >= 0.3 is 0 Å². The monoisotopic (exact) mass is 277 g/mol. The molecular weight excluding hydrogens is 270 g/mol. The van der Waals surface area contributed by atoms with E-state index in [4.69, 9.17) is 0 Å². The van der Waals surface area contributed by atoms with Gasteiger partial charge in [0.15, 0.2) is 0 Å². The molecule has 0 saturated heterocycles. The third-order valence-electron chi connectivity index (χ3n) is 1.91. The fraction of sp³-hybridized carbons (Fsp3) is 0. The third kappa shape index (κ3) is 2.64. The summed E-state index contributed by atoms with van der Waals surface area (Å²) in [5.74, 6) is 0.292. The Kier molecular flexibility index (Phi) is 3.26. The molecule has 1 heterocycles.